The van der Waals surface area contributed by atoms with Crippen LogP contribution in [0.4, 0.5) is 0 Å². The zero-order chi connectivity index (χ0) is 11.4. The van der Waals surface area contributed by atoms with Gasteiger partial charge in [0.05, 0.1) is 12.2 Å². The standard InChI is InChI=1S/C13H25NO2/c15-12-9-14-8-11(13(12)16)7-6-10-4-2-1-3-5-10/h10-16H,1-9H2. The van der Waals surface area contributed by atoms with Crippen molar-refractivity contribution in [3.63, 3.8) is 0 Å². The monoisotopic (exact) mass is 227 g/mol. The molecule has 0 aromatic heterocycles. The summed E-state index contributed by atoms with van der Waals surface area (Å²) >= 11 is 0. The van der Waals surface area contributed by atoms with Crippen LogP contribution in [-0.4, -0.2) is 35.5 Å². The van der Waals surface area contributed by atoms with E-state index in [1.54, 1.807) is 0 Å². The van der Waals surface area contributed by atoms with Gasteiger partial charge in [0, 0.05) is 13.1 Å². The number of aliphatic hydroxyl groups excluding tert-OH is 2. The number of piperidine rings is 1. The molecule has 0 radical (unpaired) electrons. The summed E-state index contributed by atoms with van der Waals surface area (Å²) in [7, 11) is 0. The Hall–Kier alpha value is -0.120. The van der Waals surface area contributed by atoms with E-state index in [0.717, 1.165) is 18.9 Å². The van der Waals surface area contributed by atoms with Crippen LogP contribution < -0.4 is 5.32 Å². The van der Waals surface area contributed by atoms with Crippen LogP contribution in [0.2, 0.25) is 0 Å². The predicted molar refractivity (Wildman–Crippen MR) is 64.2 cm³/mol. The van der Waals surface area contributed by atoms with E-state index >= 15 is 0 Å². The fourth-order valence-electron chi connectivity index (χ4n) is 3.17. The topological polar surface area (TPSA) is 52.5 Å². The van der Waals surface area contributed by atoms with E-state index in [-0.39, 0.29) is 5.92 Å². The summed E-state index contributed by atoms with van der Waals surface area (Å²) in [5, 5.41) is 22.6. The van der Waals surface area contributed by atoms with Crippen molar-refractivity contribution in [1.82, 2.24) is 5.32 Å². The third kappa shape index (κ3) is 3.19. The van der Waals surface area contributed by atoms with E-state index in [1.807, 2.05) is 0 Å². The molecule has 3 unspecified atom stereocenters. The summed E-state index contributed by atoms with van der Waals surface area (Å²) < 4.78 is 0. The highest BCUT2D eigenvalue weighted by Crippen LogP contribution is 2.29. The first kappa shape index (κ1) is 12.3. The van der Waals surface area contributed by atoms with E-state index in [2.05, 4.69) is 5.32 Å². The third-order valence-electron chi connectivity index (χ3n) is 4.31. The lowest BCUT2D eigenvalue weighted by Crippen LogP contribution is -2.50. The first-order chi connectivity index (χ1) is 7.77. The summed E-state index contributed by atoms with van der Waals surface area (Å²) in [6, 6.07) is 0. The van der Waals surface area contributed by atoms with Gasteiger partial charge in [0.25, 0.3) is 0 Å². The van der Waals surface area contributed by atoms with Crippen molar-refractivity contribution in [3.8, 4) is 0 Å². The van der Waals surface area contributed by atoms with Gasteiger partial charge >= 0.3 is 0 Å². The summed E-state index contributed by atoms with van der Waals surface area (Å²) in [4.78, 5) is 0. The molecule has 3 atom stereocenters. The van der Waals surface area contributed by atoms with Crippen LogP contribution >= 0.6 is 0 Å². The molecule has 3 nitrogen and oxygen atoms in total. The molecule has 2 aliphatic rings. The van der Waals surface area contributed by atoms with Gasteiger partial charge in [0.15, 0.2) is 0 Å². The van der Waals surface area contributed by atoms with Gasteiger partial charge in [-0.1, -0.05) is 38.5 Å². The first-order valence-electron chi connectivity index (χ1n) is 6.84. The maximum absolute atomic E-state index is 9.88. The average molecular weight is 227 g/mol. The molecule has 0 aromatic carbocycles. The predicted octanol–water partition coefficient (Wildman–Crippen LogP) is 1.29. The zero-order valence-corrected chi connectivity index (χ0v) is 10.1. The van der Waals surface area contributed by atoms with Crippen LogP contribution in [0.15, 0.2) is 0 Å². The SMILES string of the molecule is OC1CNCC(CCC2CCCCC2)C1O. The maximum atomic E-state index is 9.88. The van der Waals surface area contributed by atoms with E-state index in [9.17, 15) is 10.2 Å². The molecule has 1 saturated carbocycles. The second kappa shape index (κ2) is 5.99. The van der Waals surface area contributed by atoms with Gasteiger partial charge in [0.2, 0.25) is 0 Å². The molecule has 1 saturated heterocycles. The number of hydrogen-bond acceptors (Lipinski definition) is 3. The number of hydrogen-bond donors (Lipinski definition) is 3. The molecule has 1 aliphatic carbocycles. The Morgan fingerprint density at radius 1 is 0.938 bits per heavy atom. The van der Waals surface area contributed by atoms with Crippen molar-refractivity contribution in [2.45, 2.75) is 57.2 Å². The van der Waals surface area contributed by atoms with Gasteiger partial charge in [-0.3, -0.25) is 0 Å². The highest BCUT2D eigenvalue weighted by molar-refractivity contribution is 4.84. The Morgan fingerprint density at radius 3 is 2.44 bits per heavy atom. The summed E-state index contributed by atoms with van der Waals surface area (Å²) in [6.07, 6.45) is 8.15. The van der Waals surface area contributed by atoms with Crippen molar-refractivity contribution in [1.29, 1.82) is 0 Å². The lowest BCUT2D eigenvalue weighted by atomic mass is 9.81. The fourth-order valence-corrected chi connectivity index (χ4v) is 3.17. The first-order valence-corrected chi connectivity index (χ1v) is 6.84. The molecule has 16 heavy (non-hydrogen) atoms. The van der Waals surface area contributed by atoms with Crippen molar-refractivity contribution in [2.24, 2.45) is 11.8 Å². The second-order valence-electron chi connectivity index (χ2n) is 5.56. The molecule has 2 rings (SSSR count). The molecule has 0 aromatic rings. The highest BCUT2D eigenvalue weighted by atomic mass is 16.3. The maximum Gasteiger partial charge on any atom is 0.0926 e. The number of nitrogens with one attached hydrogen (secondary N) is 1. The quantitative estimate of drug-likeness (QED) is 0.681. The van der Waals surface area contributed by atoms with Crippen molar-refractivity contribution in [3.05, 3.63) is 0 Å². The molecule has 0 bridgehead atoms. The lowest BCUT2D eigenvalue weighted by Gasteiger charge is -2.33. The van der Waals surface area contributed by atoms with Crippen LogP contribution in [0, 0.1) is 11.8 Å². The van der Waals surface area contributed by atoms with E-state index < -0.39 is 12.2 Å². The summed E-state index contributed by atoms with van der Waals surface area (Å²) in [5.41, 5.74) is 0. The molecule has 0 amide bonds. The minimum Gasteiger partial charge on any atom is -0.390 e. The van der Waals surface area contributed by atoms with Crippen LogP contribution in [0.1, 0.15) is 44.9 Å². The summed E-state index contributed by atoms with van der Waals surface area (Å²) in [5.74, 6) is 1.13. The third-order valence-corrected chi connectivity index (χ3v) is 4.31. The van der Waals surface area contributed by atoms with Crippen LogP contribution in [-0.2, 0) is 0 Å². The lowest BCUT2D eigenvalue weighted by molar-refractivity contribution is -0.0386. The molecular weight excluding hydrogens is 202 g/mol. The second-order valence-corrected chi connectivity index (χ2v) is 5.56. The van der Waals surface area contributed by atoms with Gasteiger partial charge in [-0.05, 0) is 18.3 Å². The van der Waals surface area contributed by atoms with Crippen molar-refractivity contribution >= 4 is 0 Å². The molecule has 0 spiro atoms. The Kier molecular flexibility index (Phi) is 4.62. The zero-order valence-electron chi connectivity index (χ0n) is 10.1. The van der Waals surface area contributed by atoms with E-state index in [4.69, 9.17) is 0 Å². The van der Waals surface area contributed by atoms with Gasteiger partial charge in [-0.15, -0.1) is 0 Å². The Morgan fingerprint density at radius 2 is 1.69 bits per heavy atom. The molecule has 1 aliphatic heterocycles. The molecular formula is C13H25NO2. The number of aliphatic hydroxyl groups is 2. The van der Waals surface area contributed by atoms with Gasteiger partial charge in [-0.25, -0.2) is 0 Å². The molecule has 3 N–H and O–H groups in total. The Labute approximate surface area is 98.2 Å². The van der Waals surface area contributed by atoms with Gasteiger partial charge in [0.1, 0.15) is 0 Å². The summed E-state index contributed by atoms with van der Waals surface area (Å²) in [6.45, 7) is 1.41. The molecule has 94 valence electrons. The highest BCUT2D eigenvalue weighted by Gasteiger charge is 2.30. The van der Waals surface area contributed by atoms with Gasteiger partial charge < -0.3 is 15.5 Å². The van der Waals surface area contributed by atoms with Crippen LogP contribution in [0.3, 0.4) is 0 Å². The van der Waals surface area contributed by atoms with E-state index in [0.29, 0.717) is 6.54 Å². The fraction of sp³-hybridized carbons (Fsp3) is 1.00. The number of rotatable bonds is 3. The van der Waals surface area contributed by atoms with Crippen LogP contribution in [0.25, 0.3) is 0 Å². The smallest absolute Gasteiger partial charge is 0.0926 e. The normalized spacial score (nSPS) is 37.5. The largest absolute Gasteiger partial charge is 0.390 e. The minimum absolute atomic E-state index is 0.255. The Bertz CT molecular complexity index is 204. The molecule has 3 heteroatoms. The van der Waals surface area contributed by atoms with E-state index in [1.165, 1.54) is 38.5 Å². The number of β-amino-alcohol motifs (C(OH)–C–C–N with tert-alkyl or cyclic N) is 1. The Balaban J connectivity index is 1.71. The minimum atomic E-state index is -0.565. The van der Waals surface area contributed by atoms with Crippen molar-refractivity contribution in [2.75, 3.05) is 13.1 Å². The molecule has 1 heterocycles. The average Bonchev–Trinajstić information content (AvgIpc) is 2.32. The van der Waals surface area contributed by atoms with Crippen molar-refractivity contribution < 1.29 is 10.2 Å². The van der Waals surface area contributed by atoms with Crippen LogP contribution in [0.5, 0.6) is 0 Å². The van der Waals surface area contributed by atoms with Gasteiger partial charge in [-0.2, -0.15) is 0 Å². The molecule has 2 fully saturated rings.